The van der Waals surface area contributed by atoms with E-state index in [1.54, 1.807) is 6.20 Å². The molecule has 0 bridgehead atoms. The number of aromatic nitrogens is 6. The van der Waals surface area contributed by atoms with E-state index in [0.717, 1.165) is 45.9 Å². The Hall–Kier alpha value is -3.26. The van der Waals surface area contributed by atoms with Crippen LogP contribution in [0.3, 0.4) is 0 Å². The summed E-state index contributed by atoms with van der Waals surface area (Å²) in [6.45, 7) is 6.36. The van der Waals surface area contributed by atoms with Crippen LogP contribution in [0.4, 0.5) is 5.82 Å². The molecule has 4 aromatic heterocycles. The number of ether oxygens (including phenoxy) is 1. The maximum atomic E-state index is 5.62. The first-order valence-electron chi connectivity index (χ1n) is 9.76. The van der Waals surface area contributed by atoms with Crippen LogP contribution in [0.25, 0.3) is 33.7 Å². The number of morpholine rings is 1. The molecule has 30 heavy (non-hydrogen) atoms. The largest absolute Gasteiger partial charge is 0.377 e. The van der Waals surface area contributed by atoms with Crippen LogP contribution in [0.1, 0.15) is 20.0 Å². The fourth-order valence-corrected chi connectivity index (χ4v) is 3.91. The van der Waals surface area contributed by atoms with Crippen molar-refractivity contribution in [1.29, 1.82) is 0 Å². The van der Waals surface area contributed by atoms with Crippen LogP contribution in [0.15, 0.2) is 36.8 Å². The van der Waals surface area contributed by atoms with E-state index >= 15 is 0 Å². The van der Waals surface area contributed by atoms with Gasteiger partial charge in [0, 0.05) is 54.8 Å². The number of hydrogen-bond acceptors (Lipinski definition) is 6. The van der Waals surface area contributed by atoms with Crippen LogP contribution in [-0.4, -0.2) is 55.5 Å². The predicted octanol–water partition coefficient (Wildman–Crippen LogP) is 3.59. The molecule has 0 spiro atoms. The minimum atomic E-state index is 0. The van der Waals surface area contributed by atoms with Gasteiger partial charge in [0.2, 0.25) is 0 Å². The normalized spacial score (nSPS) is 16.6. The minimum absolute atomic E-state index is 0. The maximum Gasteiger partial charge on any atom is 0.162 e. The lowest BCUT2D eigenvalue weighted by Crippen LogP contribution is -2.44. The van der Waals surface area contributed by atoms with E-state index in [0.29, 0.717) is 19.0 Å². The lowest BCUT2D eigenvalue weighted by molar-refractivity contribution is 0.0985. The molecule has 0 radical (unpaired) electrons. The highest BCUT2D eigenvalue weighted by atomic mass is 16.5. The number of H-pyrrole nitrogens is 1. The zero-order valence-electron chi connectivity index (χ0n) is 16.8. The molecule has 0 aliphatic carbocycles. The Balaban J connectivity index is 0.00000218. The van der Waals surface area contributed by atoms with Crippen molar-refractivity contribution in [1.82, 2.24) is 29.7 Å². The van der Waals surface area contributed by atoms with Crippen molar-refractivity contribution in [2.45, 2.75) is 27.3 Å². The smallest absolute Gasteiger partial charge is 0.162 e. The van der Waals surface area contributed by atoms with Gasteiger partial charge in [0.1, 0.15) is 11.5 Å². The summed E-state index contributed by atoms with van der Waals surface area (Å²) >= 11 is 0. The quantitative estimate of drug-likeness (QED) is 0.561. The van der Waals surface area contributed by atoms with Crippen LogP contribution < -0.4 is 4.90 Å². The highest BCUT2D eigenvalue weighted by molar-refractivity contribution is 5.91. The number of anilines is 1. The van der Waals surface area contributed by atoms with Gasteiger partial charge in [-0.2, -0.15) is 5.10 Å². The molecular weight excluding hydrogens is 378 g/mol. The lowest BCUT2D eigenvalue weighted by Gasteiger charge is -2.34. The zero-order valence-corrected chi connectivity index (χ0v) is 16.8. The van der Waals surface area contributed by atoms with Crippen LogP contribution in [0.2, 0.25) is 0 Å². The fourth-order valence-electron chi connectivity index (χ4n) is 3.91. The molecule has 1 saturated heterocycles. The molecule has 1 aliphatic heterocycles. The average Bonchev–Trinajstić information content (AvgIpc) is 3.33. The highest BCUT2D eigenvalue weighted by Gasteiger charge is 2.23. The highest BCUT2D eigenvalue weighted by Crippen LogP contribution is 2.31. The molecule has 0 aromatic carbocycles. The summed E-state index contributed by atoms with van der Waals surface area (Å²) < 4.78 is 7.44. The van der Waals surface area contributed by atoms with Gasteiger partial charge in [0.05, 0.1) is 30.6 Å². The van der Waals surface area contributed by atoms with E-state index in [1.165, 1.54) is 0 Å². The van der Waals surface area contributed by atoms with Gasteiger partial charge in [-0.1, -0.05) is 7.43 Å². The van der Waals surface area contributed by atoms with Gasteiger partial charge in [-0.15, -0.1) is 0 Å². The van der Waals surface area contributed by atoms with Crippen molar-refractivity contribution in [2.75, 3.05) is 24.7 Å². The van der Waals surface area contributed by atoms with Gasteiger partial charge in [-0.05, 0) is 26.0 Å². The molecule has 0 saturated carbocycles. The number of aromatic amines is 1. The zero-order chi connectivity index (χ0) is 20.0. The van der Waals surface area contributed by atoms with E-state index in [2.05, 4.69) is 33.0 Å². The molecular formula is C22H27N7O. The molecule has 1 aliphatic rings. The summed E-state index contributed by atoms with van der Waals surface area (Å²) in [6, 6.07) is 6.29. The fraction of sp³-hybridized carbons (Fsp3) is 0.364. The van der Waals surface area contributed by atoms with Crippen LogP contribution in [0, 0.1) is 6.92 Å². The summed E-state index contributed by atoms with van der Waals surface area (Å²) in [4.78, 5) is 19.7. The Morgan fingerprint density at radius 1 is 1.20 bits per heavy atom. The van der Waals surface area contributed by atoms with Crippen LogP contribution >= 0.6 is 0 Å². The minimum Gasteiger partial charge on any atom is -0.377 e. The van der Waals surface area contributed by atoms with Crippen molar-refractivity contribution in [3.8, 4) is 22.6 Å². The third kappa shape index (κ3) is 3.43. The molecule has 0 unspecified atom stereocenters. The predicted molar refractivity (Wildman–Crippen MR) is 118 cm³/mol. The topological polar surface area (TPSA) is 84.8 Å². The van der Waals surface area contributed by atoms with E-state index in [4.69, 9.17) is 14.7 Å². The first-order valence-corrected chi connectivity index (χ1v) is 9.76. The first-order chi connectivity index (χ1) is 14.1. The van der Waals surface area contributed by atoms with Crippen molar-refractivity contribution in [3.63, 3.8) is 0 Å². The third-order valence-electron chi connectivity index (χ3n) is 5.37. The summed E-state index contributed by atoms with van der Waals surface area (Å²) in [5.74, 6) is 1.59. The van der Waals surface area contributed by atoms with Crippen molar-refractivity contribution >= 4 is 16.9 Å². The van der Waals surface area contributed by atoms with Gasteiger partial charge < -0.3 is 14.6 Å². The van der Waals surface area contributed by atoms with Crippen molar-refractivity contribution < 1.29 is 4.74 Å². The number of aryl methyl sites for hydroxylation is 2. The Morgan fingerprint density at radius 2 is 2.07 bits per heavy atom. The summed E-state index contributed by atoms with van der Waals surface area (Å²) in [5, 5.41) is 5.50. The lowest BCUT2D eigenvalue weighted by atomic mass is 10.1. The molecule has 156 valence electrons. The van der Waals surface area contributed by atoms with E-state index in [1.807, 2.05) is 43.2 Å². The molecule has 4 aromatic rings. The number of pyridine rings is 1. The number of rotatable bonds is 3. The Labute approximate surface area is 175 Å². The molecule has 1 atom stereocenters. The van der Waals surface area contributed by atoms with Gasteiger partial charge >= 0.3 is 0 Å². The standard InChI is InChI=1S/C21H23N7O.CH4/c1-13-12-29-9-8-28(13)19-10-18(17-11-27(3)26-14(17)2)24-21(25-19)16-5-7-23-20-15(16)4-6-22-20;/h4-7,10-11,13H,8-9,12H2,1-3H3,(H,22,23);1H4/t13-;/m1./s1. The van der Waals surface area contributed by atoms with Gasteiger partial charge in [0.15, 0.2) is 5.82 Å². The Bertz CT molecular complexity index is 1180. The second-order valence-electron chi connectivity index (χ2n) is 7.45. The Morgan fingerprint density at radius 3 is 2.83 bits per heavy atom. The SMILES string of the molecule is C.Cc1nn(C)cc1-c1cc(N2CCOC[C@H]2C)nc(-c2ccnc3[nH]ccc23)n1. The van der Waals surface area contributed by atoms with E-state index in [9.17, 15) is 0 Å². The monoisotopic (exact) mass is 405 g/mol. The molecule has 5 rings (SSSR count). The molecule has 8 heteroatoms. The van der Waals surface area contributed by atoms with Crippen molar-refractivity contribution in [3.05, 3.63) is 42.5 Å². The second kappa shape index (κ2) is 7.87. The number of nitrogens with one attached hydrogen (secondary N) is 1. The number of nitrogens with zero attached hydrogens (tertiary/aromatic N) is 6. The van der Waals surface area contributed by atoms with Crippen molar-refractivity contribution in [2.24, 2.45) is 7.05 Å². The van der Waals surface area contributed by atoms with E-state index < -0.39 is 0 Å². The van der Waals surface area contributed by atoms with E-state index in [-0.39, 0.29) is 13.5 Å². The molecule has 1 fully saturated rings. The van der Waals surface area contributed by atoms with Gasteiger partial charge in [-0.25, -0.2) is 15.0 Å². The Kier molecular flexibility index (Phi) is 5.26. The van der Waals surface area contributed by atoms with Gasteiger partial charge in [0.25, 0.3) is 0 Å². The average molecular weight is 406 g/mol. The van der Waals surface area contributed by atoms with Gasteiger partial charge in [-0.3, -0.25) is 4.68 Å². The summed E-state index contributed by atoms with van der Waals surface area (Å²) in [5.41, 5.74) is 4.62. The van der Waals surface area contributed by atoms with Crippen LogP contribution in [0.5, 0.6) is 0 Å². The first kappa shape index (κ1) is 20.0. The van der Waals surface area contributed by atoms with Crippen LogP contribution in [-0.2, 0) is 11.8 Å². The maximum absolute atomic E-state index is 5.62. The summed E-state index contributed by atoms with van der Waals surface area (Å²) in [6.07, 6.45) is 5.68. The third-order valence-corrected chi connectivity index (χ3v) is 5.37. The molecule has 5 heterocycles. The number of hydrogen-bond donors (Lipinski definition) is 1. The summed E-state index contributed by atoms with van der Waals surface area (Å²) in [7, 11) is 1.93. The molecule has 1 N–H and O–H groups in total. The number of fused-ring (bicyclic) bond motifs is 1. The molecule has 0 amide bonds. The second-order valence-corrected chi connectivity index (χ2v) is 7.45. The molecule has 8 nitrogen and oxygen atoms in total.